The first-order valence-corrected chi connectivity index (χ1v) is 8.67. The molecule has 24 heavy (non-hydrogen) atoms. The number of allylic oxidation sites excluding steroid dienone is 1. The minimum absolute atomic E-state index is 0.0124. The molecule has 0 bridgehead atoms. The van der Waals surface area contributed by atoms with Crippen molar-refractivity contribution in [3.05, 3.63) is 70.8 Å². The van der Waals surface area contributed by atoms with Crippen LogP contribution in [0.2, 0.25) is 0 Å². The summed E-state index contributed by atoms with van der Waals surface area (Å²) in [6.45, 7) is 13.3. The molecule has 0 atom stereocenters. The van der Waals surface area contributed by atoms with E-state index in [1.54, 1.807) is 0 Å². The maximum atomic E-state index is 10.5. The van der Waals surface area contributed by atoms with Crippen molar-refractivity contribution < 1.29 is 5.11 Å². The van der Waals surface area contributed by atoms with E-state index in [1.807, 2.05) is 24.3 Å². The van der Waals surface area contributed by atoms with Crippen LogP contribution in [-0.4, -0.2) is 5.11 Å². The summed E-state index contributed by atoms with van der Waals surface area (Å²) < 4.78 is 0. The van der Waals surface area contributed by atoms with Gasteiger partial charge in [0.1, 0.15) is 5.75 Å². The van der Waals surface area contributed by atoms with Crippen LogP contribution in [0, 0.1) is 0 Å². The van der Waals surface area contributed by atoms with Gasteiger partial charge in [-0.05, 0) is 45.6 Å². The van der Waals surface area contributed by atoms with Gasteiger partial charge >= 0.3 is 0 Å². The highest BCUT2D eigenvalue weighted by Crippen LogP contribution is 2.38. The Morgan fingerprint density at radius 1 is 0.833 bits per heavy atom. The fourth-order valence-corrected chi connectivity index (χ4v) is 2.92. The van der Waals surface area contributed by atoms with Crippen molar-refractivity contribution in [2.75, 3.05) is 0 Å². The first-order valence-electron chi connectivity index (χ1n) is 8.67. The molecule has 0 heterocycles. The van der Waals surface area contributed by atoms with Crippen molar-refractivity contribution in [2.45, 2.75) is 58.8 Å². The van der Waals surface area contributed by atoms with E-state index in [9.17, 15) is 5.11 Å². The minimum Gasteiger partial charge on any atom is -0.508 e. The standard InChI is InChI=1S/C23H30O/c1-22(2,3)19-15-18(21(24)16-20(19)23(4,5)6)14-10-13-17-11-8-7-9-12-17/h7-13,15-16,24H,14H2,1-6H3/b13-10+. The lowest BCUT2D eigenvalue weighted by Gasteiger charge is -2.31. The quantitative estimate of drug-likeness (QED) is 0.709. The fraction of sp³-hybridized carbons (Fsp3) is 0.391. The van der Waals surface area contributed by atoms with E-state index in [2.05, 4.69) is 71.9 Å². The van der Waals surface area contributed by atoms with Crippen molar-refractivity contribution in [2.24, 2.45) is 0 Å². The van der Waals surface area contributed by atoms with Crippen LogP contribution in [0.5, 0.6) is 5.75 Å². The molecule has 2 aromatic rings. The number of aromatic hydroxyl groups is 1. The fourth-order valence-electron chi connectivity index (χ4n) is 2.92. The van der Waals surface area contributed by atoms with E-state index < -0.39 is 0 Å². The number of phenols is 1. The molecule has 1 N–H and O–H groups in total. The smallest absolute Gasteiger partial charge is 0.119 e. The van der Waals surface area contributed by atoms with Crippen LogP contribution in [0.4, 0.5) is 0 Å². The van der Waals surface area contributed by atoms with Crippen LogP contribution in [-0.2, 0) is 17.3 Å². The van der Waals surface area contributed by atoms with Gasteiger partial charge in [-0.1, -0.05) is 90.1 Å². The lowest BCUT2D eigenvalue weighted by Crippen LogP contribution is -2.22. The Bertz CT molecular complexity index is 710. The van der Waals surface area contributed by atoms with E-state index in [4.69, 9.17) is 0 Å². The molecule has 0 aromatic heterocycles. The molecule has 0 unspecified atom stereocenters. The summed E-state index contributed by atoms with van der Waals surface area (Å²) in [5.74, 6) is 0.394. The minimum atomic E-state index is 0.0124. The lowest BCUT2D eigenvalue weighted by atomic mass is 9.74. The normalized spacial score (nSPS) is 12.8. The van der Waals surface area contributed by atoms with E-state index in [1.165, 1.54) is 16.7 Å². The summed E-state index contributed by atoms with van der Waals surface area (Å²) >= 11 is 0. The summed E-state index contributed by atoms with van der Waals surface area (Å²) in [4.78, 5) is 0. The molecule has 0 aliphatic carbocycles. The van der Waals surface area contributed by atoms with Crippen LogP contribution < -0.4 is 0 Å². The highest BCUT2D eigenvalue weighted by molar-refractivity contribution is 5.52. The van der Waals surface area contributed by atoms with Crippen molar-refractivity contribution in [3.8, 4) is 5.75 Å². The maximum Gasteiger partial charge on any atom is 0.119 e. The summed E-state index contributed by atoms with van der Waals surface area (Å²) in [6, 6.07) is 14.4. The number of hydrogen-bond donors (Lipinski definition) is 1. The van der Waals surface area contributed by atoms with Crippen molar-refractivity contribution in [1.29, 1.82) is 0 Å². The summed E-state index contributed by atoms with van der Waals surface area (Å²) in [5.41, 5.74) is 4.77. The first kappa shape index (κ1) is 18.3. The van der Waals surface area contributed by atoms with Gasteiger partial charge in [-0.3, -0.25) is 0 Å². The Morgan fingerprint density at radius 3 is 1.92 bits per heavy atom. The molecule has 1 heteroatoms. The van der Waals surface area contributed by atoms with Crippen molar-refractivity contribution in [3.63, 3.8) is 0 Å². The van der Waals surface area contributed by atoms with Gasteiger partial charge in [0.05, 0.1) is 0 Å². The molecule has 1 nitrogen and oxygen atoms in total. The molecule has 0 saturated heterocycles. The predicted molar refractivity (Wildman–Crippen MR) is 105 cm³/mol. The largest absolute Gasteiger partial charge is 0.508 e. The molecule has 128 valence electrons. The second-order valence-corrected chi connectivity index (χ2v) is 8.54. The van der Waals surface area contributed by atoms with E-state index >= 15 is 0 Å². The maximum absolute atomic E-state index is 10.5. The summed E-state index contributed by atoms with van der Waals surface area (Å²) in [6.07, 6.45) is 4.95. The van der Waals surface area contributed by atoms with Crippen molar-refractivity contribution in [1.82, 2.24) is 0 Å². The zero-order chi connectivity index (χ0) is 18.0. The molecule has 0 aliphatic rings. The first-order chi connectivity index (χ1) is 11.1. The van der Waals surface area contributed by atoms with E-state index in [0.29, 0.717) is 5.75 Å². The van der Waals surface area contributed by atoms with E-state index in [0.717, 1.165) is 12.0 Å². The van der Waals surface area contributed by atoms with Gasteiger partial charge in [-0.15, -0.1) is 0 Å². The van der Waals surface area contributed by atoms with Gasteiger partial charge in [0.2, 0.25) is 0 Å². The van der Waals surface area contributed by atoms with Gasteiger partial charge < -0.3 is 5.11 Å². The predicted octanol–water partition coefficient (Wildman–Crippen LogP) is 6.24. The molecule has 0 saturated carbocycles. The van der Waals surface area contributed by atoms with Crippen LogP contribution in [0.25, 0.3) is 6.08 Å². The molecular formula is C23H30O. The van der Waals surface area contributed by atoms with E-state index in [-0.39, 0.29) is 10.8 Å². The Balaban J connectivity index is 2.36. The second kappa shape index (κ2) is 6.84. The van der Waals surface area contributed by atoms with Gasteiger partial charge in [-0.25, -0.2) is 0 Å². The lowest BCUT2D eigenvalue weighted by molar-refractivity contribution is 0.460. The van der Waals surface area contributed by atoms with Gasteiger partial charge in [0.25, 0.3) is 0 Å². The van der Waals surface area contributed by atoms with Gasteiger partial charge in [0, 0.05) is 0 Å². The summed E-state index contributed by atoms with van der Waals surface area (Å²) in [7, 11) is 0. The molecule has 2 rings (SSSR count). The third-order valence-electron chi connectivity index (χ3n) is 4.28. The molecule has 0 radical (unpaired) electrons. The second-order valence-electron chi connectivity index (χ2n) is 8.54. The Morgan fingerprint density at radius 2 is 1.38 bits per heavy atom. The number of benzene rings is 2. The Kier molecular flexibility index (Phi) is 5.22. The third kappa shape index (κ3) is 4.50. The SMILES string of the molecule is CC(C)(C)c1cc(O)c(C/C=C/c2ccccc2)cc1C(C)(C)C. The highest BCUT2D eigenvalue weighted by atomic mass is 16.3. The highest BCUT2D eigenvalue weighted by Gasteiger charge is 2.26. The Hall–Kier alpha value is -2.02. The van der Waals surface area contributed by atoms with Gasteiger partial charge in [-0.2, -0.15) is 0 Å². The van der Waals surface area contributed by atoms with Crippen LogP contribution >= 0.6 is 0 Å². The van der Waals surface area contributed by atoms with Crippen LogP contribution in [0.3, 0.4) is 0 Å². The van der Waals surface area contributed by atoms with Crippen LogP contribution in [0.1, 0.15) is 63.8 Å². The average molecular weight is 322 g/mol. The molecule has 0 spiro atoms. The topological polar surface area (TPSA) is 20.2 Å². The third-order valence-corrected chi connectivity index (χ3v) is 4.28. The number of hydrogen-bond acceptors (Lipinski definition) is 1. The average Bonchev–Trinajstić information content (AvgIpc) is 2.47. The zero-order valence-electron chi connectivity index (χ0n) is 15.9. The molecular weight excluding hydrogens is 292 g/mol. The molecule has 2 aromatic carbocycles. The molecule has 0 aliphatic heterocycles. The molecule has 0 fully saturated rings. The van der Waals surface area contributed by atoms with Gasteiger partial charge in [0.15, 0.2) is 0 Å². The van der Waals surface area contributed by atoms with Crippen molar-refractivity contribution >= 4 is 6.08 Å². The number of rotatable bonds is 3. The Labute approximate surface area is 147 Å². The van der Waals surface area contributed by atoms with Crippen LogP contribution in [0.15, 0.2) is 48.5 Å². The summed E-state index contributed by atoms with van der Waals surface area (Å²) in [5, 5.41) is 10.5. The monoisotopic (exact) mass is 322 g/mol. The molecule has 0 amide bonds. The number of phenolic OH excluding ortho intramolecular Hbond substituents is 1. The zero-order valence-corrected chi connectivity index (χ0v) is 15.9.